The van der Waals surface area contributed by atoms with Crippen molar-refractivity contribution in [3.05, 3.63) is 33.2 Å². The maximum Gasteiger partial charge on any atom is 0.340 e. The van der Waals surface area contributed by atoms with Gasteiger partial charge in [0.15, 0.2) is 0 Å². The van der Waals surface area contributed by atoms with Crippen LogP contribution < -0.4 is 5.56 Å². The van der Waals surface area contributed by atoms with E-state index >= 15 is 0 Å². The Morgan fingerprint density at radius 1 is 1.38 bits per heavy atom. The number of nitrogens with zero attached hydrogens (tertiary/aromatic N) is 1. The molecular formula is C13H15F4NO3. The van der Waals surface area contributed by atoms with Crippen LogP contribution in [-0.4, -0.2) is 29.5 Å². The molecule has 0 aliphatic heterocycles. The summed E-state index contributed by atoms with van der Waals surface area (Å²) in [7, 11) is 0. The minimum atomic E-state index is -4.37. The van der Waals surface area contributed by atoms with Gasteiger partial charge in [-0.05, 0) is 26.3 Å². The Morgan fingerprint density at radius 2 is 1.95 bits per heavy atom. The lowest BCUT2D eigenvalue weighted by molar-refractivity contribution is -0.138. The molecule has 1 aromatic rings. The molecule has 0 aliphatic carbocycles. The van der Waals surface area contributed by atoms with Gasteiger partial charge >= 0.3 is 18.3 Å². The highest BCUT2D eigenvalue weighted by molar-refractivity contribution is 5.92. The molecule has 0 amide bonds. The zero-order valence-electron chi connectivity index (χ0n) is 11.8. The highest BCUT2D eigenvalue weighted by atomic mass is 19.3. The number of aromatic nitrogens is 1. The minimum Gasteiger partial charge on any atom is -0.462 e. The monoisotopic (exact) mass is 309 g/mol. The van der Waals surface area contributed by atoms with E-state index in [1.165, 1.54) is 13.8 Å². The number of alkyl halides is 4. The van der Waals surface area contributed by atoms with Crippen molar-refractivity contribution in [2.45, 2.75) is 39.7 Å². The van der Waals surface area contributed by atoms with Gasteiger partial charge in [-0.25, -0.2) is 13.6 Å². The van der Waals surface area contributed by atoms with Crippen LogP contribution in [0.4, 0.5) is 17.6 Å². The smallest absolute Gasteiger partial charge is 0.340 e. The molecule has 1 aromatic heterocycles. The number of halogens is 4. The van der Waals surface area contributed by atoms with E-state index < -0.39 is 30.4 Å². The molecule has 0 radical (unpaired) electrons. The van der Waals surface area contributed by atoms with Crippen molar-refractivity contribution in [2.75, 3.05) is 6.61 Å². The number of pyridine rings is 1. The molecule has 0 saturated heterocycles. The molecule has 0 unspecified atom stereocenters. The topological polar surface area (TPSA) is 48.3 Å². The van der Waals surface area contributed by atoms with Crippen LogP contribution in [0.5, 0.6) is 0 Å². The van der Waals surface area contributed by atoms with E-state index in [0.717, 1.165) is 6.07 Å². The summed E-state index contributed by atoms with van der Waals surface area (Å²) in [6, 6.07) is 0.945. The first-order valence-electron chi connectivity index (χ1n) is 6.16. The van der Waals surface area contributed by atoms with E-state index in [9.17, 15) is 27.2 Å². The molecule has 0 aromatic carbocycles. The first kappa shape index (κ1) is 17.2. The van der Waals surface area contributed by atoms with Gasteiger partial charge in [0.1, 0.15) is 0 Å². The van der Waals surface area contributed by atoms with Crippen molar-refractivity contribution in [3.63, 3.8) is 0 Å². The van der Waals surface area contributed by atoms with E-state index in [-0.39, 0.29) is 23.4 Å². The minimum absolute atomic E-state index is 0.0596. The molecule has 21 heavy (non-hydrogen) atoms. The lowest BCUT2D eigenvalue weighted by Crippen LogP contribution is -2.38. The van der Waals surface area contributed by atoms with Crippen LogP contribution >= 0.6 is 0 Å². The normalized spacial score (nSPS) is 11.8. The molecule has 0 saturated carbocycles. The van der Waals surface area contributed by atoms with Crippen LogP contribution in [0.3, 0.4) is 0 Å². The highest BCUT2D eigenvalue weighted by Gasteiger charge is 2.41. The van der Waals surface area contributed by atoms with Crippen LogP contribution in [-0.2, 0) is 11.3 Å². The lowest BCUT2D eigenvalue weighted by atomic mass is 10.1. The molecule has 0 spiro atoms. The average molecular weight is 309 g/mol. The fraction of sp³-hybridized carbons (Fsp3) is 0.538. The number of esters is 1. The van der Waals surface area contributed by atoms with Crippen LogP contribution in [0.2, 0.25) is 0 Å². The predicted molar refractivity (Wildman–Crippen MR) is 67.1 cm³/mol. The van der Waals surface area contributed by atoms with Gasteiger partial charge in [0.25, 0.3) is 5.56 Å². The number of carbonyl (C=O) groups excluding carboxylic acids is 1. The SMILES string of the molecule is CCOC(=O)c1c(C)cc(=O)n(CC(F)(F)C(F)F)c1C. The van der Waals surface area contributed by atoms with Crippen molar-refractivity contribution in [1.82, 2.24) is 4.57 Å². The fourth-order valence-electron chi connectivity index (χ4n) is 1.91. The largest absolute Gasteiger partial charge is 0.462 e. The third kappa shape index (κ3) is 3.62. The molecule has 0 N–H and O–H groups in total. The van der Waals surface area contributed by atoms with Crippen molar-refractivity contribution in [2.24, 2.45) is 0 Å². The van der Waals surface area contributed by atoms with E-state index in [4.69, 9.17) is 4.74 Å². The van der Waals surface area contributed by atoms with Gasteiger partial charge in [0.05, 0.1) is 18.7 Å². The van der Waals surface area contributed by atoms with Gasteiger partial charge in [-0.2, -0.15) is 8.78 Å². The lowest BCUT2D eigenvalue weighted by Gasteiger charge is -2.20. The molecule has 8 heteroatoms. The van der Waals surface area contributed by atoms with Crippen molar-refractivity contribution < 1.29 is 27.1 Å². The summed E-state index contributed by atoms with van der Waals surface area (Å²) >= 11 is 0. The Bertz CT molecular complexity index is 596. The molecule has 4 nitrogen and oxygen atoms in total. The number of hydrogen-bond donors (Lipinski definition) is 0. The molecule has 0 fully saturated rings. The number of ether oxygens (including phenoxy) is 1. The summed E-state index contributed by atoms with van der Waals surface area (Å²) in [5.74, 6) is -5.16. The number of aryl methyl sites for hydroxylation is 1. The first-order chi connectivity index (χ1) is 9.61. The Labute approximate surface area is 118 Å². The zero-order valence-corrected chi connectivity index (χ0v) is 11.8. The predicted octanol–water partition coefficient (Wildman–Crippen LogP) is 2.54. The Hall–Kier alpha value is -1.86. The van der Waals surface area contributed by atoms with Gasteiger partial charge in [-0.3, -0.25) is 4.79 Å². The first-order valence-corrected chi connectivity index (χ1v) is 6.16. The summed E-state index contributed by atoms with van der Waals surface area (Å²) in [5, 5.41) is 0. The molecule has 1 heterocycles. The van der Waals surface area contributed by atoms with Gasteiger partial charge < -0.3 is 9.30 Å². The number of hydrogen-bond acceptors (Lipinski definition) is 3. The van der Waals surface area contributed by atoms with Crippen molar-refractivity contribution in [1.29, 1.82) is 0 Å². The molecule has 0 atom stereocenters. The third-order valence-corrected chi connectivity index (χ3v) is 2.93. The maximum atomic E-state index is 13.1. The second-order valence-electron chi connectivity index (χ2n) is 4.49. The highest BCUT2D eigenvalue weighted by Crippen LogP contribution is 2.25. The van der Waals surface area contributed by atoms with E-state index in [1.807, 2.05) is 0 Å². The van der Waals surface area contributed by atoms with Crippen molar-refractivity contribution >= 4 is 5.97 Å². The van der Waals surface area contributed by atoms with E-state index in [2.05, 4.69) is 0 Å². The van der Waals surface area contributed by atoms with Crippen LogP contribution in [0.1, 0.15) is 28.5 Å². The standard InChI is InChI=1S/C13H15F4NO3/c1-4-21-11(20)10-7(2)5-9(19)18(8(10)3)6-13(16,17)12(14)15/h5,12H,4,6H2,1-3H3. The summed E-state index contributed by atoms with van der Waals surface area (Å²) in [6.45, 7) is 2.80. The average Bonchev–Trinajstić information content (AvgIpc) is 2.34. The number of rotatable bonds is 5. The summed E-state index contributed by atoms with van der Waals surface area (Å²) in [6.07, 6.45) is -3.91. The maximum absolute atomic E-state index is 13.1. The molecule has 0 bridgehead atoms. The van der Waals surface area contributed by atoms with Crippen LogP contribution in [0.15, 0.2) is 10.9 Å². The second-order valence-corrected chi connectivity index (χ2v) is 4.49. The Balaban J connectivity index is 3.38. The summed E-state index contributed by atoms with van der Waals surface area (Å²) in [5.41, 5.74) is -0.828. The van der Waals surface area contributed by atoms with Gasteiger partial charge in [-0.1, -0.05) is 0 Å². The van der Waals surface area contributed by atoms with Gasteiger partial charge in [0.2, 0.25) is 0 Å². The zero-order chi connectivity index (χ0) is 16.4. The Morgan fingerprint density at radius 3 is 2.43 bits per heavy atom. The number of carbonyl (C=O) groups is 1. The van der Waals surface area contributed by atoms with E-state index in [1.54, 1.807) is 6.92 Å². The van der Waals surface area contributed by atoms with E-state index in [0.29, 0.717) is 4.57 Å². The van der Waals surface area contributed by atoms with Gasteiger partial charge in [-0.15, -0.1) is 0 Å². The van der Waals surface area contributed by atoms with Gasteiger partial charge in [0, 0.05) is 11.8 Å². The van der Waals surface area contributed by atoms with Crippen molar-refractivity contribution in [3.8, 4) is 0 Å². The second kappa shape index (κ2) is 6.28. The summed E-state index contributed by atoms with van der Waals surface area (Å²) in [4.78, 5) is 23.5. The third-order valence-electron chi connectivity index (χ3n) is 2.93. The van der Waals surface area contributed by atoms with Crippen LogP contribution in [0, 0.1) is 13.8 Å². The quantitative estimate of drug-likeness (QED) is 0.620. The van der Waals surface area contributed by atoms with Crippen LogP contribution in [0.25, 0.3) is 0 Å². The molecule has 0 aliphatic rings. The fourth-order valence-corrected chi connectivity index (χ4v) is 1.91. The molecule has 118 valence electrons. The molecular weight excluding hydrogens is 294 g/mol. The Kier molecular flexibility index (Phi) is 5.14. The molecule has 1 rings (SSSR count). The summed E-state index contributed by atoms with van der Waals surface area (Å²) < 4.78 is 56.1.